The minimum Gasteiger partial charge on any atom is -0.365 e. The Bertz CT molecular complexity index is 572. The Morgan fingerprint density at radius 1 is 1.53 bits per heavy atom. The van der Waals surface area contributed by atoms with Gasteiger partial charge in [-0.15, -0.1) is 0 Å². The van der Waals surface area contributed by atoms with Gasteiger partial charge in [0.1, 0.15) is 5.69 Å². The van der Waals surface area contributed by atoms with Crippen LogP contribution in [0.1, 0.15) is 13.3 Å². The van der Waals surface area contributed by atoms with Gasteiger partial charge in [0, 0.05) is 38.0 Å². The van der Waals surface area contributed by atoms with Crippen LogP contribution < -0.4 is 10.3 Å². The molecule has 1 amide bonds. The van der Waals surface area contributed by atoms with Crippen LogP contribution >= 0.6 is 27.7 Å². The van der Waals surface area contributed by atoms with Crippen molar-refractivity contribution >= 4 is 44.4 Å². The van der Waals surface area contributed by atoms with Crippen LogP contribution in [0.4, 0.5) is 5.69 Å². The molecule has 5 nitrogen and oxygen atoms in total. The van der Waals surface area contributed by atoms with Gasteiger partial charge in [-0.25, -0.2) is 0 Å². The van der Waals surface area contributed by atoms with Crippen LogP contribution in [-0.2, 0) is 9.59 Å². The van der Waals surface area contributed by atoms with Gasteiger partial charge in [-0.2, -0.15) is 0 Å². The third-order valence-corrected chi connectivity index (χ3v) is 4.53. The van der Waals surface area contributed by atoms with Crippen molar-refractivity contribution in [1.82, 2.24) is 4.98 Å². The van der Waals surface area contributed by atoms with Crippen molar-refractivity contribution in [3.8, 4) is 0 Å². The van der Waals surface area contributed by atoms with E-state index in [0.717, 1.165) is 0 Å². The van der Waals surface area contributed by atoms with Gasteiger partial charge in [0.15, 0.2) is 5.12 Å². The molecule has 1 aliphatic rings. The lowest BCUT2D eigenvalue weighted by Crippen LogP contribution is -2.30. The third-order valence-electron chi connectivity index (χ3n) is 2.90. The van der Waals surface area contributed by atoms with Crippen LogP contribution in [-0.4, -0.2) is 28.3 Å². The lowest BCUT2D eigenvalue weighted by molar-refractivity contribution is -0.117. The molecule has 0 radical (unpaired) electrons. The first-order valence-electron chi connectivity index (χ1n) is 5.79. The average Bonchev–Trinajstić information content (AvgIpc) is 2.71. The van der Waals surface area contributed by atoms with E-state index in [9.17, 15) is 14.4 Å². The molecule has 1 aromatic rings. The number of nitrogens with zero attached hydrogens (tertiary/aromatic N) is 1. The Morgan fingerprint density at radius 2 is 2.26 bits per heavy atom. The molecule has 1 aromatic heterocycles. The van der Waals surface area contributed by atoms with E-state index in [-0.39, 0.29) is 22.4 Å². The van der Waals surface area contributed by atoms with E-state index in [0.29, 0.717) is 28.9 Å². The van der Waals surface area contributed by atoms with Gasteiger partial charge < -0.3 is 9.88 Å². The normalized spacial score (nSPS) is 18.9. The first-order chi connectivity index (χ1) is 8.99. The Labute approximate surface area is 122 Å². The van der Waals surface area contributed by atoms with Crippen molar-refractivity contribution in [1.29, 1.82) is 0 Å². The second-order valence-electron chi connectivity index (χ2n) is 4.39. The largest absolute Gasteiger partial charge is 0.365 e. The van der Waals surface area contributed by atoms with E-state index in [1.807, 2.05) is 0 Å². The highest BCUT2D eigenvalue weighted by atomic mass is 79.9. The highest BCUT2D eigenvalue weighted by molar-refractivity contribution is 9.10. The number of thioether (sulfide) groups is 1. The summed E-state index contributed by atoms with van der Waals surface area (Å²) in [6, 6.07) is 0. The summed E-state index contributed by atoms with van der Waals surface area (Å²) in [5, 5.41) is 0.0474. The van der Waals surface area contributed by atoms with Gasteiger partial charge >= 0.3 is 0 Å². The van der Waals surface area contributed by atoms with Gasteiger partial charge in [-0.1, -0.05) is 11.8 Å². The summed E-state index contributed by atoms with van der Waals surface area (Å²) in [5.41, 5.74) is 0.154. The topological polar surface area (TPSA) is 70.2 Å². The van der Waals surface area contributed by atoms with Crippen LogP contribution in [0.3, 0.4) is 0 Å². The number of rotatable bonds is 3. The van der Waals surface area contributed by atoms with Crippen molar-refractivity contribution in [2.75, 3.05) is 17.2 Å². The quantitative estimate of drug-likeness (QED) is 0.907. The lowest BCUT2D eigenvalue weighted by atomic mass is 10.1. The predicted octanol–water partition coefficient (Wildman–Crippen LogP) is 1.77. The number of carbonyl (C=O) groups is 2. The number of hydrogen-bond donors (Lipinski definition) is 1. The minimum atomic E-state index is -0.202. The SMILES string of the molecule is CC(=O)SCC1CC(=O)N(c2c[nH]cc(Br)c2=O)C1. The number of hydrogen-bond acceptors (Lipinski definition) is 4. The molecule has 0 aliphatic carbocycles. The Balaban J connectivity index is 2.14. The van der Waals surface area contributed by atoms with Crippen LogP contribution in [0.5, 0.6) is 0 Å². The van der Waals surface area contributed by atoms with E-state index >= 15 is 0 Å². The van der Waals surface area contributed by atoms with Crippen molar-refractivity contribution < 1.29 is 9.59 Å². The number of H-pyrrole nitrogens is 1. The molecule has 0 saturated carbocycles. The zero-order valence-electron chi connectivity index (χ0n) is 10.3. The van der Waals surface area contributed by atoms with Crippen LogP contribution in [0.15, 0.2) is 21.7 Å². The van der Waals surface area contributed by atoms with Crippen LogP contribution in [0, 0.1) is 5.92 Å². The fourth-order valence-corrected chi connectivity index (χ4v) is 3.04. The summed E-state index contributed by atoms with van der Waals surface area (Å²) in [5.74, 6) is 0.654. The van der Waals surface area contributed by atoms with Gasteiger partial charge in [-0.05, 0) is 21.8 Å². The standard InChI is InChI=1S/C12H13BrN2O3S/c1-7(16)19-6-8-2-11(17)15(5-8)10-4-14-3-9(13)12(10)18/h3-4,8H,2,5-6H2,1H3,(H,14,18). The highest BCUT2D eigenvalue weighted by Gasteiger charge is 2.32. The fourth-order valence-electron chi connectivity index (χ4n) is 2.01. The second-order valence-corrected chi connectivity index (χ2v) is 6.45. The molecule has 1 atom stereocenters. The lowest BCUT2D eigenvalue weighted by Gasteiger charge is -2.15. The van der Waals surface area contributed by atoms with Crippen molar-refractivity contribution in [2.45, 2.75) is 13.3 Å². The summed E-state index contributed by atoms with van der Waals surface area (Å²) in [4.78, 5) is 39.2. The molecule has 0 aromatic carbocycles. The molecule has 2 rings (SSSR count). The molecule has 0 bridgehead atoms. The summed E-state index contributed by atoms with van der Waals surface area (Å²) in [7, 11) is 0. The number of aromatic amines is 1. The van der Waals surface area contributed by atoms with E-state index < -0.39 is 0 Å². The third kappa shape index (κ3) is 3.27. The van der Waals surface area contributed by atoms with E-state index in [4.69, 9.17) is 0 Å². The molecular formula is C12H13BrN2O3S. The number of pyridine rings is 1. The average molecular weight is 345 g/mol. The molecule has 19 heavy (non-hydrogen) atoms. The predicted molar refractivity (Wildman–Crippen MR) is 78.4 cm³/mol. The highest BCUT2D eigenvalue weighted by Crippen LogP contribution is 2.25. The number of anilines is 1. The zero-order valence-corrected chi connectivity index (χ0v) is 12.7. The number of halogens is 1. The molecule has 1 N–H and O–H groups in total. The zero-order chi connectivity index (χ0) is 14.0. The maximum Gasteiger partial charge on any atom is 0.227 e. The van der Waals surface area contributed by atoms with Gasteiger partial charge in [0.25, 0.3) is 0 Å². The second kappa shape index (κ2) is 5.92. The van der Waals surface area contributed by atoms with Crippen molar-refractivity contribution in [3.63, 3.8) is 0 Å². The van der Waals surface area contributed by atoms with E-state index in [1.165, 1.54) is 36.0 Å². The molecule has 0 spiro atoms. The monoisotopic (exact) mass is 344 g/mol. The number of amides is 1. The molecule has 1 aliphatic heterocycles. The van der Waals surface area contributed by atoms with Crippen LogP contribution in [0.25, 0.3) is 0 Å². The molecule has 1 saturated heterocycles. The van der Waals surface area contributed by atoms with Crippen molar-refractivity contribution in [3.05, 3.63) is 27.1 Å². The first kappa shape index (κ1) is 14.3. The van der Waals surface area contributed by atoms with Gasteiger partial charge in [0.05, 0.1) is 4.47 Å². The summed E-state index contributed by atoms with van der Waals surface area (Å²) in [6.07, 6.45) is 3.45. The maximum absolute atomic E-state index is 12.0. The molecule has 102 valence electrons. The molecule has 7 heteroatoms. The summed E-state index contributed by atoms with van der Waals surface area (Å²) >= 11 is 4.37. The Kier molecular flexibility index (Phi) is 4.46. The minimum absolute atomic E-state index is 0.0474. The maximum atomic E-state index is 12.0. The summed E-state index contributed by atoms with van der Waals surface area (Å²) in [6.45, 7) is 2.00. The van der Waals surface area contributed by atoms with E-state index in [2.05, 4.69) is 20.9 Å². The molecule has 1 unspecified atom stereocenters. The van der Waals surface area contributed by atoms with Crippen molar-refractivity contribution in [2.24, 2.45) is 5.92 Å². The first-order valence-corrected chi connectivity index (χ1v) is 7.57. The molecule has 2 heterocycles. The van der Waals surface area contributed by atoms with Gasteiger partial charge in [-0.3, -0.25) is 14.4 Å². The van der Waals surface area contributed by atoms with Crippen LogP contribution in [0.2, 0.25) is 0 Å². The Morgan fingerprint density at radius 3 is 2.95 bits per heavy atom. The number of carbonyl (C=O) groups excluding carboxylic acids is 2. The van der Waals surface area contributed by atoms with E-state index in [1.54, 1.807) is 0 Å². The Hall–Kier alpha value is -1.08. The number of nitrogens with one attached hydrogen (secondary N) is 1. The fraction of sp³-hybridized carbons (Fsp3) is 0.417. The summed E-state index contributed by atoms with van der Waals surface area (Å²) < 4.78 is 0.402. The van der Waals surface area contributed by atoms with Gasteiger partial charge in [0.2, 0.25) is 11.3 Å². The molecule has 1 fully saturated rings. The molecular weight excluding hydrogens is 332 g/mol. The number of aromatic nitrogens is 1. The smallest absolute Gasteiger partial charge is 0.227 e.